The number of rotatable bonds is 4. The number of fused-ring (bicyclic) bond motifs is 1. The third-order valence-corrected chi connectivity index (χ3v) is 5.54. The summed E-state index contributed by atoms with van der Waals surface area (Å²) in [6, 6.07) is 4.61. The monoisotopic (exact) mass is 401 g/mol. The van der Waals surface area contributed by atoms with Gasteiger partial charge in [0.1, 0.15) is 23.3 Å². The normalized spacial score (nSPS) is 23.0. The van der Waals surface area contributed by atoms with Gasteiger partial charge in [-0.2, -0.15) is 5.26 Å². The molecule has 29 heavy (non-hydrogen) atoms. The maximum absolute atomic E-state index is 10.1. The van der Waals surface area contributed by atoms with Crippen molar-refractivity contribution in [2.24, 2.45) is 5.92 Å². The van der Waals surface area contributed by atoms with E-state index in [4.69, 9.17) is 14.7 Å². The zero-order valence-electron chi connectivity index (χ0n) is 17.3. The fraction of sp³-hybridized carbons (Fsp3) is 0.667. The minimum atomic E-state index is -0.614. The third-order valence-electron chi connectivity index (χ3n) is 5.54. The van der Waals surface area contributed by atoms with Crippen LogP contribution in [0.25, 0.3) is 11.0 Å². The minimum absolute atomic E-state index is 0.326. The predicted octanol–water partition coefficient (Wildman–Crippen LogP) is 3.20. The highest BCUT2D eigenvalue weighted by Crippen LogP contribution is 2.37. The zero-order chi connectivity index (χ0) is 20.6. The molecule has 2 aromatic heterocycles. The van der Waals surface area contributed by atoms with Gasteiger partial charge in [-0.05, 0) is 38.5 Å². The van der Waals surface area contributed by atoms with E-state index in [9.17, 15) is 5.11 Å². The van der Waals surface area contributed by atoms with Gasteiger partial charge in [-0.3, -0.25) is 0 Å². The molecule has 1 saturated heterocycles. The first kappa shape index (κ1) is 21.5. The van der Waals surface area contributed by atoms with Crippen LogP contribution in [0.4, 0.5) is 5.82 Å². The number of nitriles is 1. The SMILES string of the molecule is C1COCCO1.CNc1cc2c(cn1)nc([C@@H](C)O)n2C1CCC(CC#N)CC1. The molecule has 2 N–H and O–H groups in total. The molecular weight excluding hydrogens is 370 g/mol. The highest BCUT2D eigenvalue weighted by atomic mass is 16.6. The Kier molecular flexibility index (Phi) is 7.81. The summed E-state index contributed by atoms with van der Waals surface area (Å²) in [6.45, 7) is 4.87. The van der Waals surface area contributed by atoms with Crippen LogP contribution in [0.3, 0.4) is 0 Å². The number of nitrogens with zero attached hydrogens (tertiary/aromatic N) is 4. The Balaban J connectivity index is 0.000000343. The lowest BCUT2D eigenvalue weighted by Gasteiger charge is -2.30. The lowest BCUT2D eigenvalue weighted by Crippen LogP contribution is -2.20. The van der Waals surface area contributed by atoms with E-state index in [-0.39, 0.29) is 0 Å². The summed E-state index contributed by atoms with van der Waals surface area (Å²) < 4.78 is 12.1. The summed E-state index contributed by atoms with van der Waals surface area (Å²) in [5, 5.41) is 22.1. The van der Waals surface area contributed by atoms with Gasteiger partial charge in [0.25, 0.3) is 0 Å². The Morgan fingerprint density at radius 3 is 2.41 bits per heavy atom. The Morgan fingerprint density at radius 1 is 1.24 bits per heavy atom. The lowest BCUT2D eigenvalue weighted by atomic mass is 9.84. The van der Waals surface area contributed by atoms with E-state index in [2.05, 4.69) is 25.9 Å². The van der Waals surface area contributed by atoms with E-state index in [0.29, 0.717) is 24.2 Å². The maximum atomic E-state index is 10.1. The van der Waals surface area contributed by atoms with E-state index < -0.39 is 6.10 Å². The van der Waals surface area contributed by atoms with Gasteiger partial charge in [0.2, 0.25) is 0 Å². The summed E-state index contributed by atoms with van der Waals surface area (Å²) in [4.78, 5) is 8.90. The minimum Gasteiger partial charge on any atom is -0.385 e. The number of hydrogen-bond acceptors (Lipinski definition) is 7. The Bertz CT molecular complexity index is 806. The van der Waals surface area contributed by atoms with Crippen molar-refractivity contribution in [3.8, 4) is 6.07 Å². The molecule has 3 heterocycles. The van der Waals surface area contributed by atoms with Crippen LogP contribution < -0.4 is 5.32 Å². The fourth-order valence-corrected chi connectivity index (χ4v) is 4.01. The van der Waals surface area contributed by atoms with Gasteiger partial charge >= 0.3 is 0 Å². The van der Waals surface area contributed by atoms with Crippen LogP contribution >= 0.6 is 0 Å². The van der Waals surface area contributed by atoms with Crippen molar-refractivity contribution < 1.29 is 14.6 Å². The summed E-state index contributed by atoms with van der Waals surface area (Å²) in [7, 11) is 1.84. The molecule has 0 amide bonds. The van der Waals surface area contributed by atoms with Crippen molar-refractivity contribution in [1.29, 1.82) is 5.26 Å². The standard InChI is InChI=1S/C17H23N5O.C4H8O2/c1-11(23)17-21-14-10-20-16(19-2)9-15(14)22(17)13-5-3-12(4-6-13)7-8-18;1-2-6-4-3-5-1/h9-13,23H,3-7H2,1-2H3,(H,19,20);1-4H2/t11-,12?,13?;/m1./s1. The average Bonchev–Trinajstić information content (AvgIpc) is 3.15. The van der Waals surface area contributed by atoms with Gasteiger partial charge < -0.3 is 24.5 Å². The number of imidazole rings is 1. The Hall–Kier alpha value is -2.21. The van der Waals surface area contributed by atoms with E-state index in [1.165, 1.54) is 0 Å². The molecule has 2 aliphatic rings. The quantitative estimate of drug-likeness (QED) is 0.810. The van der Waals surface area contributed by atoms with Crippen molar-refractivity contribution in [2.45, 2.75) is 51.2 Å². The second-order valence-corrected chi connectivity index (χ2v) is 7.59. The number of aliphatic hydroxyl groups is 1. The summed E-state index contributed by atoms with van der Waals surface area (Å²) in [5.41, 5.74) is 1.84. The van der Waals surface area contributed by atoms with E-state index in [1.807, 2.05) is 13.1 Å². The number of nitrogens with one attached hydrogen (secondary N) is 1. The van der Waals surface area contributed by atoms with Crippen molar-refractivity contribution in [2.75, 3.05) is 38.8 Å². The van der Waals surface area contributed by atoms with Crippen LogP contribution in [0.1, 0.15) is 57.0 Å². The number of ether oxygens (including phenoxy) is 2. The van der Waals surface area contributed by atoms with Crippen LogP contribution in [-0.2, 0) is 9.47 Å². The predicted molar refractivity (Wildman–Crippen MR) is 111 cm³/mol. The first-order valence-electron chi connectivity index (χ1n) is 10.4. The van der Waals surface area contributed by atoms with E-state index in [1.54, 1.807) is 13.1 Å². The van der Waals surface area contributed by atoms with Crippen molar-refractivity contribution >= 4 is 16.9 Å². The van der Waals surface area contributed by atoms with Crippen LogP contribution in [0.5, 0.6) is 0 Å². The molecule has 8 heteroatoms. The maximum Gasteiger partial charge on any atom is 0.138 e. The van der Waals surface area contributed by atoms with Crippen LogP contribution in [0, 0.1) is 17.2 Å². The van der Waals surface area contributed by atoms with Gasteiger partial charge in [-0.15, -0.1) is 0 Å². The van der Waals surface area contributed by atoms with Crippen molar-refractivity contribution in [3.63, 3.8) is 0 Å². The molecule has 1 aliphatic carbocycles. The van der Waals surface area contributed by atoms with Gasteiger partial charge in [0.15, 0.2) is 0 Å². The van der Waals surface area contributed by atoms with Gasteiger partial charge in [0, 0.05) is 25.6 Å². The molecule has 1 aliphatic heterocycles. The first-order chi connectivity index (χ1) is 14.1. The molecule has 0 radical (unpaired) electrons. The topological polar surface area (TPSA) is 105 Å². The van der Waals surface area contributed by atoms with Gasteiger partial charge in [0.05, 0.1) is 44.2 Å². The first-order valence-corrected chi connectivity index (χ1v) is 10.4. The lowest BCUT2D eigenvalue weighted by molar-refractivity contribution is -0.0334. The molecule has 158 valence electrons. The summed E-state index contributed by atoms with van der Waals surface area (Å²) in [5.74, 6) is 2.02. The largest absolute Gasteiger partial charge is 0.385 e. The molecule has 0 aromatic carbocycles. The van der Waals surface area contributed by atoms with Crippen LogP contribution in [0.15, 0.2) is 12.3 Å². The summed E-state index contributed by atoms with van der Waals surface area (Å²) in [6.07, 6.45) is 5.95. The average molecular weight is 402 g/mol. The molecule has 0 spiro atoms. The smallest absolute Gasteiger partial charge is 0.138 e. The molecule has 2 aromatic rings. The van der Waals surface area contributed by atoms with Crippen molar-refractivity contribution in [1.82, 2.24) is 14.5 Å². The molecule has 0 bridgehead atoms. The van der Waals surface area contributed by atoms with E-state index in [0.717, 1.165) is 69.0 Å². The molecule has 8 nitrogen and oxygen atoms in total. The highest BCUT2D eigenvalue weighted by Gasteiger charge is 2.27. The molecule has 0 unspecified atom stereocenters. The van der Waals surface area contributed by atoms with Crippen molar-refractivity contribution in [3.05, 3.63) is 18.1 Å². The van der Waals surface area contributed by atoms with Gasteiger partial charge in [-0.25, -0.2) is 9.97 Å². The highest BCUT2D eigenvalue weighted by molar-refractivity contribution is 5.78. The fourth-order valence-electron chi connectivity index (χ4n) is 4.01. The number of hydrogen-bond donors (Lipinski definition) is 2. The van der Waals surface area contributed by atoms with E-state index >= 15 is 0 Å². The summed E-state index contributed by atoms with van der Waals surface area (Å²) >= 11 is 0. The molecule has 1 saturated carbocycles. The molecule has 4 rings (SSSR count). The number of pyridine rings is 1. The van der Waals surface area contributed by atoms with Crippen LogP contribution in [-0.4, -0.2) is 53.1 Å². The second kappa shape index (κ2) is 10.5. The number of anilines is 1. The molecule has 1 atom stereocenters. The second-order valence-electron chi connectivity index (χ2n) is 7.59. The molecule has 2 fully saturated rings. The molecular formula is C21H31N5O3. The number of aromatic nitrogens is 3. The zero-order valence-corrected chi connectivity index (χ0v) is 17.3. The van der Waals surface area contributed by atoms with Gasteiger partial charge in [-0.1, -0.05) is 0 Å². The Labute approximate surface area is 171 Å². The third kappa shape index (κ3) is 5.44. The van der Waals surface area contributed by atoms with Crippen LogP contribution in [0.2, 0.25) is 0 Å². The number of aliphatic hydroxyl groups excluding tert-OH is 1. The Morgan fingerprint density at radius 2 is 1.90 bits per heavy atom.